The molecule has 3 rings (SSSR count). The summed E-state index contributed by atoms with van der Waals surface area (Å²) in [6, 6.07) is 20.8. The number of aromatic nitrogens is 1. The second-order valence-corrected chi connectivity index (χ2v) is 6.00. The number of hydrogen-bond donors (Lipinski definition) is 3. The van der Waals surface area contributed by atoms with Crippen LogP contribution in [-0.2, 0) is 4.79 Å². The number of benzene rings is 2. The molecule has 30 heavy (non-hydrogen) atoms. The zero-order valence-corrected chi connectivity index (χ0v) is 16.7. The van der Waals surface area contributed by atoms with Crippen molar-refractivity contribution in [1.29, 1.82) is 5.26 Å². The minimum atomic E-state index is -1.73. The summed E-state index contributed by atoms with van der Waals surface area (Å²) < 4.78 is 5.73. The maximum atomic E-state index is 11.0. The summed E-state index contributed by atoms with van der Waals surface area (Å²) in [4.78, 5) is 15.3. The Morgan fingerprint density at radius 1 is 1.00 bits per heavy atom. The Bertz CT molecular complexity index is 1010. The van der Waals surface area contributed by atoms with Gasteiger partial charge < -0.3 is 20.7 Å². The monoisotopic (exact) mass is 405 g/mol. The van der Waals surface area contributed by atoms with Gasteiger partial charge in [0.15, 0.2) is 6.10 Å². The van der Waals surface area contributed by atoms with Crippen molar-refractivity contribution < 1.29 is 19.7 Å². The lowest BCUT2D eigenvalue weighted by Gasteiger charge is -2.15. The molecule has 7 heteroatoms. The highest BCUT2D eigenvalue weighted by molar-refractivity contribution is 5.79. The first-order valence-corrected chi connectivity index (χ1v) is 9.39. The third-order valence-electron chi connectivity index (χ3n) is 4.03. The molecule has 0 radical (unpaired) electrons. The fraction of sp³-hybridized carbons (Fsp3) is 0.174. The molecule has 1 amide bonds. The number of nitriles is 1. The van der Waals surface area contributed by atoms with Crippen LogP contribution in [-0.4, -0.2) is 27.2 Å². The molecule has 0 aliphatic rings. The van der Waals surface area contributed by atoms with Crippen molar-refractivity contribution in [3.05, 3.63) is 78.0 Å². The minimum absolute atomic E-state index is 0.140. The van der Waals surface area contributed by atoms with Gasteiger partial charge in [0.1, 0.15) is 17.6 Å². The number of carbonyl (C=O) groups excluding carboxylic acids is 1. The van der Waals surface area contributed by atoms with Gasteiger partial charge in [0.2, 0.25) is 5.91 Å². The lowest BCUT2D eigenvalue weighted by atomic mass is 10.1. The molecule has 0 aliphatic carbocycles. The predicted octanol–water partition coefficient (Wildman–Crippen LogP) is 3.32. The molecule has 0 saturated carbocycles. The molecule has 2 aromatic carbocycles. The zero-order chi connectivity index (χ0) is 22.1. The van der Waals surface area contributed by atoms with Crippen molar-refractivity contribution in [2.75, 3.05) is 0 Å². The molecule has 0 bridgehead atoms. The average Bonchev–Trinajstić information content (AvgIpc) is 2.80. The maximum Gasteiger partial charge on any atom is 0.249 e. The van der Waals surface area contributed by atoms with Crippen molar-refractivity contribution in [3.63, 3.8) is 0 Å². The third kappa shape index (κ3) is 5.64. The Balaban J connectivity index is 0.00000155. The molecule has 1 aromatic heterocycles. The Hall–Kier alpha value is -3.73. The third-order valence-corrected chi connectivity index (χ3v) is 4.03. The first-order valence-electron chi connectivity index (χ1n) is 9.39. The highest BCUT2D eigenvalue weighted by atomic mass is 16.5. The van der Waals surface area contributed by atoms with Crippen molar-refractivity contribution in [3.8, 4) is 28.8 Å². The molecule has 0 spiro atoms. The van der Waals surface area contributed by atoms with Crippen LogP contribution in [0.25, 0.3) is 11.3 Å². The Labute approximate surface area is 175 Å². The number of amides is 1. The fourth-order valence-corrected chi connectivity index (χ4v) is 2.52. The highest BCUT2D eigenvalue weighted by Crippen LogP contribution is 2.26. The second-order valence-electron chi connectivity index (χ2n) is 6.00. The van der Waals surface area contributed by atoms with Gasteiger partial charge in [-0.3, -0.25) is 4.79 Å². The standard InChI is InChI=1S/C21H17N3O4.C2H6/c22-12-13-4-8-15(9-5-13)28-16-10-6-14(7-11-16)17-2-1-3-18(24-17)19(25)20(26)21(23)27;1-2/h1-11,19-20,25-26H,(H2,23,27);1-2H3. The average molecular weight is 405 g/mol. The summed E-state index contributed by atoms with van der Waals surface area (Å²) >= 11 is 0. The van der Waals surface area contributed by atoms with Crippen LogP contribution >= 0.6 is 0 Å². The van der Waals surface area contributed by atoms with E-state index >= 15 is 0 Å². The van der Waals surface area contributed by atoms with Crippen molar-refractivity contribution in [2.24, 2.45) is 5.73 Å². The summed E-state index contributed by atoms with van der Waals surface area (Å²) in [5, 5.41) is 28.5. The van der Waals surface area contributed by atoms with Gasteiger partial charge >= 0.3 is 0 Å². The van der Waals surface area contributed by atoms with Gasteiger partial charge in [0.25, 0.3) is 0 Å². The predicted molar refractivity (Wildman–Crippen MR) is 112 cm³/mol. The first-order chi connectivity index (χ1) is 14.5. The van der Waals surface area contributed by atoms with Crippen LogP contribution in [0.15, 0.2) is 66.7 Å². The number of pyridine rings is 1. The van der Waals surface area contributed by atoms with Crippen LogP contribution in [0.2, 0.25) is 0 Å². The number of aliphatic hydroxyl groups is 2. The molecule has 0 fully saturated rings. The molecule has 0 saturated heterocycles. The number of hydrogen-bond acceptors (Lipinski definition) is 6. The van der Waals surface area contributed by atoms with E-state index in [1.807, 2.05) is 19.9 Å². The number of primary amides is 1. The second kappa shape index (κ2) is 10.7. The van der Waals surface area contributed by atoms with E-state index in [2.05, 4.69) is 4.98 Å². The van der Waals surface area contributed by atoms with Gasteiger partial charge in [-0.15, -0.1) is 0 Å². The zero-order valence-electron chi connectivity index (χ0n) is 16.7. The summed E-state index contributed by atoms with van der Waals surface area (Å²) in [6.07, 6.45) is -3.23. The van der Waals surface area contributed by atoms with Crippen LogP contribution in [0.5, 0.6) is 11.5 Å². The first kappa shape index (κ1) is 22.6. The minimum Gasteiger partial charge on any atom is -0.457 e. The Morgan fingerprint density at radius 2 is 1.57 bits per heavy atom. The summed E-state index contributed by atoms with van der Waals surface area (Å²) in [5.74, 6) is 0.188. The van der Waals surface area contributed by atoms with Crippen LogP contribution in [0, 0.1) is 11.3 Å². The van der Waals surface area contributed by atoms with Gasteiger partial charge in [0, 0.05) is 5.56 Å². The number of carbonyl (C=O) groups is 1. The van der Waals surface area contributed by atoms with Crippen molar-refractivity contribution >= 4 is 5.91 Å². The van der Waals surface area contributed by atoms with Crippen LogP contribution in [0.3, 0.4) is 0 Å². The van der Waals surface area contributed by atoms with Crippen LogP contribution < -0.4 is 10.5 Å². The molecular formula is C23H23N3O4. The Morgan fingerprint density at radius 3 is 2.10 bits per heavy atom. The SMILES string of the molecule is CC.N#Cc1ccc(Oc2ccc(-c3cccc(C(O)C(O)C(N)=O)n3)cc2)cc1. The van der Waals surface area contributed by atoms with Gasteiger partial charge in [-0.05, 0) is 60.7 Å². The Kier molecular flexibility index (Phi) is 8.06. The van der Waals surface area contributed by atoms with Crippen LogP contribution in [0.4, 0.5) is 0 Å². The molecule has 7 nitrogen and oxygen atoms in total. The quantitative estimate of drug-likeness (QED) is 0.577. The molecule has 2 atom stereocenters. The molecule has 3 aromatic rings. The topological polar surface area (TPSA) is 129 Å². The molecular weight excluding hydrogens is 382 g/mol. The lowest BCUT2D eigenvalue weighted by molar-refractivity contribution is -0.132. The molecule has 0 aliphatic heterocycles. The summed E-state index contributed by atoms with van der Waals surface area (Å²) in [5.41, 5.74) is 7.02. The number of rotatable bonds is 6. The van der Waals surface area contributed by atoms with Gasteiger partial charge in [-0.25, -0.2) is 4.98 Å². The number of aliphatic hydroxyl groups excluding tert-OH is 2. The number of ether oxygens (including phenoxy) is 1. The highest BCUT2D eigenvalue weighted by Gasteiger charge is 2.24. The molecule has 1 heterocycles. The summed E-state index contributed by atoms with van der Waals surface area (Å²) in [7, 11) is 0. The summed E-state index contributed by atoms with van der Waals surface area (Å²) in [6.45, 7) is 4.00. The van der Waals surface area contributed by atoms with E-state index in [1.54, 1.807) is 60.7 Å². The van der Waals surface area contributed by atoms with Gasteiger partial charge in [0.05, 0.1) is 23.0 Å². The van der Waals surface area contributed by atoms with Gasteiger partial charge in [-0.1, -0.05) is 19.9 Å². The maximum absolute atomic E-state index is 11.0. The van der Waals surface area contributed by atoms with E-state index in [0.717, 1.165) is 5.56 Å². The van der Waals surface area contributed by atoms with E-state index in [1.165, 1.54) is 6.07 Å². The molecule has 2 unspecified atom stereocenters. The number of nitrogens with two attached hydrogens (primary N) is 1. The van der Waals surface area contributed by atoms with E-state index in [-0.39, 0.29) is 5.69 Å². The van der Waals surface area contributed by atoms with E-state index < -0.39 is 18.1 Å². The largest absolute Gasteiger partial charge is 0.457 e. The normalized spacial score (nSPS) is 12.0. The van der Waals surface area contributed by atoms with E-state index in [4.69, 9.17) is 15.7 Å². The van der Waals surface area contributed by atoms with Crippen molar-refractivity contribution in [2.45, 2.75) is 26.1 Å². The number of nitrogens with zero attached hydrogens (tertiary/aromatic N) is 2. The fourth-order valence-electron chi connectivity index (χ4n) is 2.52. The molecule has 154 valence electrons. The van der Waals surface area contributed by atoms with Gasteiger partial charge in [-0.2, -0.15) is 5.26 Å². The molecule has 4 N–H and O–H groups in total. The van der Waals surface area contributed by atoms with E-state index in [0.29, 0.717) is 22.8 Å². The van der Waals surface area contributed by atoms with Crippen LogP contribution in [0.1, 0.15) is 31.2 Å². The van der Waals surface area contributed by atoms with Crippen molar-refractivity contribution in [1.82, 2.24) is 4.98 Å². The lowest BCUT2D eigenvalue weighted by Crippen LogP contribution is -2.34. The van der Waals surface area contributed by atoms with E-state index in [9.17, 15) is 15.0 Å². The smallest absolute Gasteiger partial charge is 0.249 e.